The van der Waals surface area contributed by atoms with Gasteiger partial charge in [0, 0.05) is 40.9 Å². The summed E-state index contributed by atoms with van der Waals surface area (Å²) < 4.78 is 2.52. The number of likely N-dealkylation sites (tertiary alicyclic amines) is 1. The van der Waals surface area contributed by atoms with E-state index in [1.165, 1.54) is 85.5 Å². The van der Waals surface area contributed by atoms with Crippen LogP contribution in [0, 0.1) is 0 Å². The zero-order valence-corrected chi connectivity index (χ0v) is 19.8. The van der Waals surface area contributed by atoms with Gasteiger partial charge in [0.1, 0.15) is 0 Å². The fourth-order valence-electron chi connectivity index (χ4n) is 5.44. The van der Waals surface area contributed by atoms with Gasteiger partial charge < -0.3 is 9.88 Å². The molecule has 1 fully saturated rings. The van der Waals surface area contributed by atoms with Crippen LogP contribution in [0.5, 0.6) is 0 Å². The summed E-state index contributed by atoms with van der Waals surface area (Å²) in [5, 5.41) is 6.59. The number of aromatic nitrogens is 1. The lowest BCUT2D eigenvalue weighted by Crippen LogP contribution is -2.42. The van der Waals surface area contributed by atoms with Gasteiger partial charge in [-0.3, -0.25) is 4.90 Å². The van der Waals surface area contributed by atoms with Gasteiger partial charge in [0.2, 0.25) is 0 Å². The first-order valence-corrected chi connectivity index (χ1v) is 12.8. The maximum absolute atomic E-state index is 3.83. The highest BCUT2D eigenvalue weighted by molar-refractivity contribution is 6.07. The molecule has 3 heteroatoms. The Labute approximate surface area is 198 Å². The lowest BCUT2D eigenvalue weighted by molar-refractivity contribution is 0.190. The van der Waals surface area contributed by atoms with Gasteiger partial charge in [-0.05, 0) is 63.0 Å². The van der Waals surface area contributed by atoms with Crippen molar-refractivity contribution in [1.82, 2.24) is 14.8 Å². The second-order valence-electron chi connectivity index (χ2n) is 9.59. The predicted molar refractivity (Wildman–Crippen MR) is 141 cm³/mol. The van der Waals surface area contributed by atoms with Gasteiger partial charge in [0.15, 0.2) is 0 Å². The summed E-state index contributed by atoms with van der Waals surface area (Å²) in [6.07, 6.45) is 7.72. The summed E-state index contributed by atoms with van der Waals surface area (Å²) in [7, 11) is 0. The summed E-state index contributed by atoms with van der Waals surface area (Å²) in [5.41, 5.74) is 4.18. The molecule has 1 aliphatic rings. The molecule has 3 aromatic carbocycles. The molecule has 5 rings (SSSR count). The highest BCUT2D eigenvalue weighted by Gasteiger charge is 2.18. The monoisotopic (exact) mass is 439 g/mol. The molecule has 0 radical (unpaired) electrons. The molecular formula is C30H37N3. The first kappa shape index (κ1) is 22.2. The SMILES string of the molecule is c1ccc(CN2CCC(NCCCCCCn3c4ccccc4c4ccccc43)CC2)cc1. The third-order valence-corrected chi connectivity index (χ3v) is 7.26. The van der Waals surface area contributed by atoms with E-state index >= 15 is 0 Å². The van der Waals surface area contributed by atoms with Crippen LogP contribution in [0.25, 0.3) is 21.8 Å². The molecule has 0 bridgehead atoms. The molecule has 1 saturated heterocycles. The minimum absolute atomic E-state index is 0.703. The lowest BCUT2D eigenvalue weighted by Gasteiger charge is -2.32. The molecule has 0 saturated carbocycles. The van der Waals surface area contributed by atoms with E-state index in [0.29, 0.717) is 6.04 Å². The van der Waals surface area contributed by atoms with Gasteiger partial charge >= 0.3 is 0 Å². The minimum atomic E-state index is 0.703. The van der Waals surface area contributed by atoms with Gasteiger partial charge in [-0.15, -0.1) is 0 Å². The average molecular weight is 440 g/mol. The van der Waals surface area contributed by atoms with E-state index in [-0.39, 0.29) is 0 Å². The molecule has 0 spiro atoms. The van der Waals surface area contributed by atoms with Crippen molar-refractivity contribution in [2.24, 2.45) is 0 Å². The van der Waals surface area contributed by atoms with E-state index in [1.54, 1.807) is 0 Å². The first-order chi connectivity index (χ1) is 16.4. The zero-order valence-electron chi connectivity index (χ0n) is 19.8. The normalized spacial score (nSPS) is 15.5. The number of hydrogen-bond donors (Lipinski definition) is 1. The summed E-state index contributed by atoms with van der Waals surface area (Å²) in [6.45, 7) is 5.80. The molecule has 3 nitrogen and oxygen atoms in total. The van der Waals surface area contributed by atoms with Crippen molar-refractivity contribution in [3.63, 3.8) is 0 Å². The Bertz CT molecular complexity index is 1090. The Morgan fingerprint density at radius 1 is 0.667 bits per heavy atom. The number of benzene rings is 3. The summed E-state index contributed by atoms with van der Waals surface area (Å²) in [6, 6.07) is 29.3. The third kappa shape index (κ3) is 5.48. The number of piperidine rings is 1. The Hall–Kier alpha value is -2.62. The number of aryl methyl sites for hydroxylation is 1. The second-order valence-corrected chi connectivity index (χ2v) is 9.59. The molecule has 2 heterocycles. The smallest absolute Gasteiger partial charge is 0.0491 e. The van der Waals surface area contributed by atoms with E-state index in [2.05, 4.69) is 93.6 Å². The topological polar surface area (TPSA) is 20.2 Å². The van der Waals surface area contributed by atoms with E-state index in [1.807, 2.05) is 0 Å². The summed E-state index contributed by atoms with van der Waals surface area (Å²) in [5.74, 6) is 0. The van der Waals surface area contributed by atoms with Gasteiger partial charge in [0.05, 0.1) is 0 Å². The quantitative estimate of drug-likeness (QED) is 0.281. The number of unbranched alkanes of at least 4 members (excludes halogenated alkanes) is 3. The fraction of sp³-hybridized carbons (Fsp3) is 0.400. The Morgan fingerprint density at radius 3 is 1.97 bits per heavy atom. The molecule has 172 valence electrons. The van der Waals surface area contributed by atoms with Crippen LogP contribution in [-0.4, -0.2) is 35.1 Å². The Balaban J connectivity index is 0.996. The van der Waals surface area contributed by atoms with E-state index in [4.69, 9.17) is 0 Å². The average Bonchev–Trinajstić information content (AvgIpc) is 3.19. The van der Waals surface area contributed by atoms with Crippen LogP contribution in [0.15, 0.2) is 78.9 Å². The van der Waals surface area contributed by atoms with Crippen LogP contribution in [0.1, 0.15) is 44.1 Å². The predicted octanol–water partition coefficient (Wildman–Crippen LogP) is 6.61. The molecule has 1 aromatic heterocycles. The lowest BCUT2D eigenvalue weighted by atomic mass is 10.0. The number of fused-ring (bicyclic) bond motifs is 3. The van der Waals surface area contributed by atoms with Crippen LogP contribution >= 0.6 is 0 Å². The van der Waals surface area contributed by atoms with Crippen molar-refractivity contribution in [1.29, 1.82) is 0 Å². The fourth-order valence-corrected chi connectivity index (χ4v) is 5.44. The van der Waals surface area contributed by atoms with Crippen LogP contribution in [0.2, 0.25) is 0 Å². The van der Waals surface area contributed by atoms with E-state index < -0.39 is 0 Å². The highest BCUT2D eigenvalue weighted by Crippen LogP contribution is 2.29. The molecule has 0 unspecified atom stereocenters. The van der Waals surface area contributed by atoms with Crippen LogP contribution < -0.4 is 5.32 Å². The van der Waals surface area contributed by atoms with Gasteiger partial charge in [-0.25, -0.2) is 0 Å². The number of nitrogens with one attached hydrogen (secondary N) is 1. The molecule has 33 heavy (non-hydrogen) atoms. The number of nitrogens with zero attached hydrogens (tertiary/aromatic N) is 2. The Kier molecular flexibility index (Phi) is 7.40. The van der Waals surface area contributed by atoms with Crippen molar-refractivity contribution < 1.29 is 0 Å². The largest absolute Gasteiger partial charge is 0.340 e. The van der Waals surface area contributed by atoms with Crippen molar-refractivity contribution in [2.45, 2.75) is 57.7 Å². The van der Waals surface area contributed by atoms with Gasteiger partial charge in [0.25, 0.3) is 0 Å². The molecule has 0 amide bonds. The van der Waals surface area contributed by atoms with Crippen LogP contribution in [0.3, 0.4) is 0 Å². The molecule has 0 aliphatic carbocycles. The van der Waals surface area contributed by atoms with Gasteiger partial charge in [-0.1, -0.05) is 79.6 Å². The number of para-hydroxylation sites is 2. The first-order valence-electron chi connectivity index (χ1n) is 12.8. The summed E-state index contributed by atoms with van der Waals surface area (Å²) >= 11 is 0. The molecular weight excluding hydrogens is 402 g/mol. The molecule has 4 aromatic rings. The van der Waals surface area contributed by atoms with Crippen LogP contribution in [0.4, 0.5) is 0 Å². The molecule has 0 atom stereocenters. The Morgan fingerprint density at radius 2 is 1.27 bits per heavy atom. The van der Waals surface area contributed by atoms with Crippen molar-refractivity contribution in [3.8, 4) is 0 Å². The van der Waals surface area contributed by atoms with Crippen molar-refractivity contribution in [2.75, 3.05) is 19.6 Å². The third-order valence-electron chi connectivity index (χ3n) is 7.26. The summed E-state index contributed by atoms with van der Waals surface area (Å²) in [4.78, 5) is 2.60. The zero-order chi connectivity index (χ0) is 22.3. The minimum Gasteiger partial charge on any atom is -0.340 e. The number of rotatable bonds is 10. The highest BCUT2D eigenvalue weighted by atomic mass is 15.1. The van der Waals surface area contributed by atoms with E-state index in [9.17, 15) is 0 Å². The maximum Gasteiger partial charge on any atom is 0.0491 e. The molecule has 1 aliphatic heterocycles. The second kappa shape index (κ2) is 11.0. The van der Waals surface area contributed by atoms with Crippen molar-refractivity contribution in [3.05, 3.63) is 84.4 Å². The van der Waals surface area contributed by atoms with E-state index in [0.717, 1.165) is 13.1 Å². The standard InChI is InChI=1S/C30H37N3/c1(10-20-31-26-18-22-32(23-19-26)24-25-12-4-3-5-13-25)2-11-21-33-29-16-8-6-14-27(29)28-15-7-9-17-30(28)33/h3-9,12-17,26,31H,1-2,10-11,18-24H2. The number of hydrogen-bond acceptors (Lipinski definition) is 2. The maximum atomic E-state index is 3.83. The molecule has 1 N–H and O–H groups in total. The van der Waals surface area contributed by atoms with Crippen molar-refractivity contribution >= 4 is 21.8 Å². The van der Waals surface area contributed by atoms with Gasteiger partial charge in [-0.2, -0.15) is 0 Å². The van der Waals surface area contributed by atoms with Crippen LogP contribution in [-0.2, 0) is 13.1 Å².